The molecule has 1 aliphatic rings. The minimum absolute atomic E-state index is 0.0490. The van der Waals surface area contributed by atoms with Crippen molar-refractivity contribution < 1.29 is 0 Å². The number of para-hydroxylation sites is 2. The SMILES string of the molecule is CCCn1c(=O)n(CN2CCN(Cc3cc(=O)n4ccccc4n3)CC2)c2ccccc21. The van der Waals surface area contributed by atoms with Gasteiger partial charge in [0.05, 0.1) is 23.4 Å². The van der Waals surface area contributed by atoms with Crippen molar-refractivity contribution in [1.82, 2.24) is 28.3 Å². The van der Waals surface area contributed by atoms with Crippen molar-refractivity contribution in [3.63, 3.8) is 0 Å². The summed E-state index contributed by atoms with van der Waals surface area (Å²) in [6, 6.07) is 15.2. The van der Waals surface area contributed by atoms with E-state index in [9.17, 15) is 9.59 Å². The minimum Gasteiger partial charge on any atom is -0.295 e. The van der Waals surface area contributed by atoms with Crippen LogP contribution in [-0.4, -0.2) is 54.5 Å². The van der Waals surface area contributed by atoms with Crippen LogP contribution in [0.4, 0.5) is 0 Å². The predicted molar refractivity (Wildman–Crippen MR) is 125 cm³/mol. The van der Waals surface area contributed by atoms with Crippen molar-refractivity contribution in [2.45, 2.75) is 33.1 Å². The minimum atomic E-state index is -0.0490. The van der Waals surface area contributed by atoms with E-state index in [-0.39, 0.29) is 11.2 Å². The second-order valence-corrected chi connectivity index (χ2v) is 8.40. The van der Waals surface area contributed by atoms with Gasteiger partial charge in [0, 0.05) is 51.5 Å². The molecule has 1 aliphatic heterocycles. The normalized spacial score (nSPS) is 15.7. The molecule has 5 rings (SSSR count). The van der Waals surface area contributed by atoms with E-state index in [4.69, 9.17) is 0 Å². The van der Waals surface area contributed by atoms with Crippen molar-refractivity contribution in [2.75, 3.05) is 26.2 Å². The summed E-state index contributed by atoms with van der Waals surface area (Å²) in [4.78, 5) is 34.7. The zero-order chi connectivity index (χ0) is 22.1. The van der Waals surface area contributed by atoms with E-state index in [2.05, 4.69) is 21.7 Å². The molecule has 0 aliphatic carbocycles. The van der Waals surface area contributed by atoms with Crippen molar-refractivity contribution >= 4 is 16.7 Å². The average Bonchev–Trinajstić information content (AvgIpc) is 3.07. The summed E-state index contributed by atoms with van der Waals surface area (Å²) >= 11 is 0. The Hall–Kier alpha value is -3.23. The summed E-state index contributed by atoms with van der Waals surface area (Å²) in [5.74, 6) is 0. The Morgan fingerprint density at radius 3 is 2.31 bits per heavy atom. The van der Waals surface area contributed by atoms with E-state index in [0.29, 0.717) is 18.9 Å². The third kappa shape index (κ3) is 3.87. The van der Waals surface area contributed by atoms with Gasteiger partial charge < -0.3 is 0 Å². The lowest BCUT2D eigenvalue weighted by atomic mass is 10.3. The molecule has 0 bridgehead atoms. The number of fused-ring (bicyclic) bond motifs is 2. The molecule has 32 heavy (non-hydrogen) atoms. The highest BCUT2D eigenvalue weighted by Crippen LogP contribution is 2.15. The van der Waals surface area contributed by atoms with Gasteiger partial charge in [-0.05, 0) is 30.7 Å². The van der Waals surface area contributed by atoms with Crippen LogP contribution in [-0.2, 0) is 19.8 Å². The fourth-order valence-electron chi connectivity index (χ4n) is 4.55. The van der Waals surface area contributed by atoms with Gasteiger partial charge in [0.15, 0.2) is 0 Å². The van der Waals surface area contributed by atoms with Crippen LogP contribution in [0.3, 0.4) is 0 Å². The van der Waals surface area contributed by atoms with Gasteiger partial charge in [-0.1, -0.05) is 25.1 Å². The second kappa shape index (κ2) is 8.72. The van der Waals surface area contributed by atoms with Crippen LogP contribution in [0, 0.1) is 0 Å². The number of aromatic nitrogens is 4. The molecular weight excluding hydrogens is 404 g/mol. The van der Waals surface area contributed by atoms with E-state index in [0.717, 1.165) is 55.9 Å². The molecule has 0 unspecified atom stereocenters. The molecule has 0 amide bonds. The van der Waals surface area contributed by atoms with E-state index in [1.165, 1.54) is 0 Å². The maximum absolute atomic E-state index is 13.0. The van der Waals surface area contributed by atoms with Crippen LogP contribution in [0.1, 0.15) is 19.0 Å². The van der Waals surface area contributed by atoms with Crippen molar-refractivity contribution in [3.8, 4) is 0 Å². The molecule has 4 aromatic rings. The standard InChI is InChI=1S/C24H28N6O2/c1-2-10-28-20-7-3-4-8-21(20)30(24(28)32)18-27-14-12-26(13-15-27)17-19-16-23(31)29-11-6-5-9-22(29)25-19/h3-9,11,16H,2,10,12-15,17-18H2,1H3. The zero-order valence-corrected chi connectivity index (χ0v) is 18.4. The second-order valence-electron chi connectivity index (χ2n) is 8.40. The maximum atomic E-state index is 13.0. The molecule has 4 heterocycles. The molecule has 3 aromatic heterocycles. The number of rotatable bonds is 6. The molecule has 0 atom stereocenters. The van der Waals surface area contributed by atoms with Crippen LogP contribution in [0.25, 0.3) is 16.7 Å². The van der Waals surface area contributed by atoms with Gasteiger partial charge in [0.25, 0.3) is 5.56 Å². The summed E-state index contributed by atoms with van der Waals surface area (Å²) in [5, 5.41) is 0. The van der Waals surface area contributed by atoms with Gasteiger partial charge in [0.1, 0.15) is 5.65 Å². The Balaban J connectivity index is 1.28. The first kappa shape index (κ1) is 20.7. The van der Waals surface area contributed by atoms with Crippen molar-refractivity contribution in [2.24, 2.45) is 0 Å². The van der Waals surface area contributed by atoms with Crippen LogP contribution in [0.2, 0.25) is 0 Å². The smallest absolute Gasteiger partial charge is 0.295 e. The van der Waals surface area contributed by atoms with Gasteiger partial charge >= 0.3 is 5.69 Å². The third-order valence-corrected chi connectivity index (χ3v) is 6.19. The average molecular weight is 433 g/mol. The van der Waals surface area contributed by atoms with Gasteiger partial charge in [0.2, 0.25) is 0 Å². The van der Waals surface area contributed by atoms with Crippen LogP contribution >= 0.6 is 0 Å². The Labute approximate surface area is 185 Å². The molecule has 8 nitrogen and oxygen atoms in total. The van der Waals surface area contributed by atoms with Gasteiger partial charge in [-0.2, -0.15) is 0 Å². The monoisotopic (exact) mass is 432 g/mol. The predicted octanol–water partition coefficient (Wildman–Crippen LogP) is 2.00. The lowest BCUT2D eigenvalue weighted by Gasteiger charge is -2.34. The molecule has 1 saturated heterocycles. The topological polar surface area (TPSA) is 67.8 Å². The molecular formula is C24H28N6O2. The number of imidazole rings is 1. The molecule has 0 N–H and O–H groups in total. The number of nitrogens with zero attached hydrogens (tertiary/aromatic N) is 6. The Kier molecular flexibility index (Phi) is 5.63. The van der Waals surface area contributed by atoms with E-state index in [1.807, 2.05) is 51.6 Å². The molecule has 8 heteroatoms. The van der Waals surface area contributed by atoms with Gasteiger partial charge in [-0.15, -0.1) is 0 Å². The third-order valence-electron chi connectivity index (χ3n) is 6.19. The number of hydrogen-bond donors (Lipinski definition) is 0. The molecule has 0 saturated carbocycles. The summed E-state index contributed by atoms with van der Waals surface area (Å²) in [6.45, 7) is 7.56. The lowest BCUT2D eigenvalue weighted by molar-refractivity contribution is 0.102. The maximum Gasteiger partial charge on any atom is 0.330 e. The van der Waals surface area contributed by atoms with Gasteiger partial charge in [-0.3, -0.25) is 28.1 Å². The van der Waals surface area contributed by atoms with E-state index in [1.54, 1.807) is 16.7 Å². The Morgan fingerprint density at radius 2 is 1.56 bits per heavy atom. The van der Waals surface area contributed by atoms with Crippen LogP contribution in [0.15, 0.2) is 64.3 Å². The number of aryl methyl sites for hydroxylation is 1. The largest absolute Gasteiger partial charge is 0.330 e. The Bertz CT molecular complexity index is 1360. The summed E-state index contributed by atoms with van der Waals surface area (Å²) < 4.78 is 5.34. The molecule has 0 radical (unpaired) electrons. The highest BCUT2D eigenvalue weighted by molar-refractivity contribution is 5.75. The number of pyridine rings is 1. The first-order valence-corrected chi connectivity index (χ1v) is 11.2. The first-order chi connectivity index (χ1) is 15.6. The van der Waals surface area contributed by atoms with E-state index >= 15 is 0 Å². The lowest BCUT2D eigenvalue weighted by Crippen LogP contribution is -2.47. The Morgan fingerprint density at radius 1 is 0.875 bits per heavy atom. The van der Waals surface area contributed by atoms with Crippen LogP contribution < -0.4 is 11.2 Å². The number of hydrogen-bond acceptors (Lipinski definition) is 5. The van der Waals surface area contributed by atoms with Gasteiger partial charge in [-0.25, -0.2) is 9.78 Å². The van der Waals surface area contributed by atoms with Crippen molar-refractivity contribution in [1.29, 1.82) is 0 Å². The molecule has 1 fully saturated rings. The molecule has 0 spiro atoms. The van der Waals surface area contributed by atoms with Crippen LogP contribution in [0.5, 0.6) is 0 Å². The molecule has 166 valence electrons. The quantitative estimate of drug-likeness (QED) is 0.466. The number of piperazine rings is 1. The fraction of sp³-hybridized carbons (Fsp3) is 0.375. The highest BCUT2D eigenvalue weighted by atomic mass is 16.2. The summed E-state index contributed by atoms with van der Waals surface area (Å²) in [5.41, 5.74) is 3.49. The first-order valence-electron chi connectivity index (χ1n) is 11.2. The summed E-state index contributed by atoms with van der Waals surface area (Å²) in [6.07, 6.45) is 2.67. The summed E-state index contributed by atoms with van der Waals surface area (Å²) in [7, 11) is 0. The number of benzene rings is 1. The zero-order valence-electron chi connectivity index (χ0n) is 18.4. The highest BCUT2D eigenvalue weighted by Gasteiger charge is 2.20. The van der Waals surface area contributed by atoms with E-state index < -0.39 is 0 Å². The van der Waals surface area contributed by atoms with Crippen molar-refractivity contribution in [3.05, 3.63) is 81.3 Å². The molecule has 1 aromatic carbocycles. The fourth-order valence-corrected chi connectivity index (χ4v) is 4.55.